The maximum atomic E-state index is 10.2. The van der Waals surface area contributed by atoms with Crippen molar-refractivity contribution in [3.8, 4) is 0 Å². The first-order valence-electron chi connectivity index (χ1n) is 3.15. The lowest BCUT2D eigenvalue weighted by Crippen LogP contribution is -2.31. The summed E-state index contributed by atoms with van der Waals surface area (Å²) in [5.41, 5.74) is 5.21. The minimum atomic E-state index is -0.297. The highest BCUT2D eigenvalue weighted by Crippen LogP contribution is 1.72. The van der Waals surface area contributed by atoms with E-state index in [1.165, 1.54) is 0 Å². The van der Waals surface area contributed by atoms with Gasteiger partial charge in [0.1, 0.15) is 0 Å². The first-order chi connectivity index (χ1) is 4.77. The smallest absolute Gasteiger partial charge is 0.276 e. The number of amides is 1. The van der Waals surface area contributed by atoms with E-state index in [1.807, 2.05) is 0 Å². The highest BCUT2D eigenvalue weighted by atomic mass is 32.1. The number of carbonyl (C=O) groups is 1. The van der Waals surface area contributed by atoms with Gasteiger partial charge in [-0.2, -0.15) is 0 Å². The molecule has 0 atom stereocenters. The van der Waals surface area contributed by atoms with Gasteiger partial charge < -0.3 is 16.4 Å². The van der Waals surface area contributed by atoms with Gasteiger partial charge in [-0.1, -0.05) is 12.6 Å². The molecule has 0 fully saturated rings. The van der Waals surface area contributed by atoms with E-state index >= 15 is 0 Å². The van der Waals surface area contributed by atoms with Crippen LogP contribution in [0.3, 0.4) is 0 Å². The zero-order valence-corrected chi connectivity index (χ0v) is 6.66. The van der Waals surface area contributed by atoms with E-state index in [9.17, 15) is 4.79 Å². The number of carbonyl (C=O) groups excluding carboxylic acids is 1. The molecule has 4 N–H and O–H groups in total. The third kappa shape index (κ3) is 7.74. The lowest BCUT2D eigenvalue weighted by molar-refractivity contribution is 0.261. The fourth-order valence-electron chi connectivity index (χ4n) is 0.485. The molecule has 0 rings (SSSR count). The average Bonchev–Trinajstić information content (AvgIpc) is 1.87. The van der Waals surface area contributed by atoms with Crippen molar-refractivity contribution in [3.05, 3.63) is 0 Å². The topological polar surface area (TPSA) is 67.2 Å². The summed E-state index contributed by atoms with van der Waals surface area (Å²) in [5, 5.41) is 5.25. The van der Waals surface area contributed by atoms with Crippen LogP contribution in [-0.2, 0) is 0 Å². The monoisotopic (exact) mass is 163 g/mol. The first-order valence-corrected chi connectivity index (χ1v) is 3.59. The van der Waals surface area contributed by atoms with E-state index in [2.05, 4.69) is 23.3 Å². The molecule has 0 heterocycles. The van der Waals surface area contributed by atoms with E-state index in [-0.39, 0.29) is 5.24 Å². The maximum Gasteiger partial charge on any atom is 0.276 e. The molecule has 0 spiro atoms. The standard InChI is InChI=1S/C5H13N3OS/c6-1-2-7-3-4-8-5(9)10/h7H,1-4,6H2,(H2,8,9,10). The van der Waals surface area contributed by atoms with Gasteiger partial charge in [-0.15, -0.1) is 0 Å². The second-order valence-corrected chi connectivity index (χ2v) is 2.18. The Balaban J connectivity index is 2.84. The van der Waals surface area contributed by atoms with Crippen LogP contribution >= 0.6 is 12.6 Å². The molecule has 0 aromatic heterocycles. The molecule has 10 heavy (non-hydrogen) atoms. The Morgan fingerprint density at radius 1 is 1.40 bits per heavy atom. The van der Waals surface area contributed by atoms with Gasteiger partial charge in [0.05, 0.1) is 0 Å². The summed E-state index contributed by atoms with van der Waals surface area (Å²) < 4.78 is 0. The summed E-state index contributed by atoms with van der Waals surface area (Å²) in [7, 11) is 0. The number of hydrogen-bond acceptors (Lipinski definition) is 3. The fraction of sp³-hybridized carbons (Fsp3) is 0.800. The first kappa shape index (κ1) is 9.74. The summed E-state index contributed by atoms with van der Waals surface area (Å²) >= 11 is 3.52. The molecule has 0 aliphatic carbocycles. The van der Waals surface area contributed by atoms with Crippen molar-refractivity contribution in [2.24, 2.45) is 5.73 Å². The molecule has 0 saturated heterocycles. The van der Waals surface area contributed by atoms with Crippen molar-refractivity contribution in [1.29, 1.82) is 0 Å². The van der Waals surface area contributed by atoms with Crippen molar-refractivity contribution >= 4 is 17.9 Å². The molecule has 1 amide bonds. The minimum absolute atomic E-state index is 0.297. The van der Waals surface area contributed by atoms with Crippen molar-refractivity contribution < 1.29 is 4.79 Å². The van der Waals surface area contributed by atoms with Gasteiger partial charge in [0, 0.05) is 26.2 Å². The number of nitrogens with one attached hydrogen (secondary N) is 2. The van der Waals surface area contributed by atoms with Gasteiger partial charge in [-0.25, -0.2) is 0 Å². The number of thiol groups is 1. The van der Waals surface area contributed by atoms with Gasteiger partial charge >= 0.3 is 0 Å². The van der Waals surface area contributed by atoms with Crippen LogP contribution < -0.4 is 16.4 Å². The third-order valence-electron chi connectivity index (χ3n) is 0.899. The Hall–Kier alpha value is -0.260. The van der Waals surface area contributed by atoms with Crippen LogP contribution in [0.4, 0.5) is 4.79 Å². The molecule has 0 aromatic rings. The summed E-state index contributed by atoms with van der Waals surface area (Å²) in [6, 6.07) is 0. The summed E-state index contributed by atoms with van der Waals surface area (Å²) in [4.78, 5) is 10.2. The summed E-state index contributed by atoms with van der Waals surface area (Å²) in [6.45, 7) is 2.74. The second kappa shape index (κ2) is 6.85. The Morgan fingerprint density at radius 2 is 2.10 bits per heavy atom. The molecule has 0 saturated carbocycles. The van der Waals surface area contributed by atoms with Crippen LogP contribution in [0.15, 0.2) is 0 Å². The SMILES string of the molecule is NCCNCCNC(=O)S. The molecule has 0 aliphatic heterocycles. The number of rotatable bonds is 5. The highest BCUT2D eigenvalue weighted by molar-refractivity contribution is 7.96. The molecule has 0 radical (unpaired) electrons. The predicted molar refractivity (Wildman–Crippen MR) is 44.3 cm³/mol. The zero-order valence-electron chi connectivity index (χ0n) is 5.76. The lowest BCUT2D eigenvalue weighted by Gasteiger charge is -2.01. The zero-order chi connectivity index (χ0) is 7.82. The fourth-order valence-corrected chi connectivity index (χ4v) is 0.597. The van der Waals surface area contributed by atoms with Crippen LogP contribution in [0.5, 0.6) is 0 Å². The van der Waals surface area contributed by atoms with Crippen molar-refractivity contribution in [2.75, 3.05) is 26.2 Å². The molecular formula is C5H13N3OS. The van der Waals surface area contributed by atoms with E-state index in [1.54, 1.807) is 0 Å². The van der Waals surface area contributed by atoms with E-state index in [0.29, 0.717) is 13.1 Å². The van der Waals surface area contributed by atoms with Crippen LogP contribution in [-0.4, -0.2) is 31.4 Å². The molecule has 4 nitrogen and oxygen atoms in total. The van der Waals surface area contributed by atoms with E-state index in [4.69, 9.17) is 5.73 Å². The molecule has 0 unspecified atom stereocenters. The van der Waals surface area contributed by atoms with Gasteiger partial charge in [-0.3, -0.25) is 4.79 Å². The maximum absolute atomic E-state index is 10.2. The Kier molecular flexibility index (Phi) is 6.68. The van der Waals surface area contributed by atoms with Gasteiger partial charge in [0.2, 0.25) is 0 Å². The number of nitrogens with two attached hydrogens (primary N) is 1. The van der Waals surface area contributed by atoms with E-state index < -0.39 is 0 Å². The molecule has 5 heteroatoms. The van der Waals surface area contributed by atoms with Gasteiger partial charge in [0.25, 0.3) is 5.24 Å². The van der Waals surface area contributed by atoms with Gasteiger partial charge in [0.15, 0.2) is 0 Å². The number of hydrogen-bond donors (Lipinski definition) is 4. The molecule has 0 aliphatic rings. The van der Waals surface area contributed by atoms with Crippen molar-refractivity contribution in [3.63, 3.8) is 0 Å². The molecular weight excluding hydrogens is 150 g/mol. The Morgan fingerprint density at radius 3 is 2.60 bits per heavy atom. The minimum Gasteiger partial charge on any atom is -0.346 e. The van der Waals surface area contributed by atoms with Crippen molar-refractivity contribution in [2.45, 2.75) is 0 Å². The predicted octanol–water partition coefficient (Wildman–Crippen LogP) is -0.826. The van der Waals surface area contributed by atoms with E-state index in [0.717, 1.165) is 13.1 Å². The van der Waals surface area contributed by atoms with Crippen LogP contribution in [0, 0.1) is 0 Å². The van der Waals surface area contributed by atoms with Gasteiger partial charge in [-0.05, 0) is 0 Å². The Labute approximate surface area is 66.0 Å². The third-order valence-corrected chi connectivity index (χ3v) is 1.06. The summed E-state index contributed by atoms with van der Waals surface area (Å²) in [5.74, 6) is 0. The van der Waals surface area contributed by atoms with Crippen LogP contribution in [0.1, 0.15) is 0 Å². The van der Waals surface area contributed by atoms with Crippen LogP contribution in [0.25, 0.3) is 0 Å². The molecule has 0 bridgehead atoms. The normalized spacial score (nSPS) is 9.40. The molecule has 60 valence electrons. The van der Waals surface area contributed by atoms with Crippen molar-refractivity contribution in [1.82, 2.24) is 10.6 Å². The second-order valence-electron chi connectivity index (χ2n) is 1.77. The highest BCUT2D eigenvalue weighted by Gasteiger charge is 1.88. The summed E-state index contributed by atoms with van der Waals surface area (Å²) in [6.07, 6.45) is 0. The average molecular weight is 163 g/mol. The Bertz CT molecular complexity index is 98.9. The molecule has 0 aromatic carbocycles. The largest absolute Gasteiger partial charge is 0.346 e. The quantitative estimate of drug-likeness (QED) is 0.316. The van der Waals surface area contributed by atoms with Crippen LogP contribution in [0.2, 0.25) is 0 Å². The lowest BCUT2D eigenvalue weighted by atomic mass is 10.5.